The van der Waals surface area contributed by atoms with Crippen molar-refractivity contribution in [2.75, 3.05) is 51.6 Å². The zero-order chi connectivity index (χ0) is 31.2. The number of hydrogen-bond donors (Lipinski definition) is 0. The van der Waals surface area contributed by atoms with Crippen LogP contribution in [0.25, 0.3) is 0 Å². The van der Waals surface area contributed by atoms with Crippen LogP contribution in [0.15, 0.2) is 77.8 Å². The molecule has 0 radical (unpaired) electrons. The number of piperazine rings is 1. The smallest absolute Gasteiger partial charge is 0.256 e. The molecule has 0 aliphatic carbocycles. The fraction of sp³-hybridized carbons (Fsp3) is 0.389. The summed E-state index contributed by atoms with van der Waals surface area (Å²) in [5.74, 6) is 1.63. The van der Waals surface area contributed by atoms with Crippen LogP contribution in [0.5, 0.6) is 5.75 Å². The predicted molar refractivity (Wildman–Crippen MR) is 186 cm³/mol. The molecule has 3 aromatic carbocycles. The summed E-state index contributed by atoms with van der Waals surface area (Å²) in [5, 5.41) is 10.5. The van der Waals surface area contributed by atoms with Crippen molar-refractivity contribution in [3.8, 4) is 11.8 Å². The average Bonchev–Trinajstić information content (AvgIpc) is 3.52. The Balaban J connectivity index is 0.979. The fourth-order valence-corrected chi connectivity index (χ4v) is 7.92. The highest BCUT2D eigenvalue weighted by Gasteiger charge is 2.35. The number of nitriles is 1. The quantitative estimate of drug-likeness (QED) is 0.258. The van der Waals surface area contributed by atoms with E-state index in [0.29, 0.717) is 24.3 Å². The van der Waals surface area contributed by atoms with Crippen molar-refractivity contribution in [2.45, 2.75) is 37.6 Å². The minimum atomic E-state index is -0.710. The third kappa shape index (κ3) is 6.79. The van der Waals surface area contributed by atoms with Crippen LogP contribution in [0, 0.1) is 18.3 Å². The zero-order valence-corrected chi connectivity index (χ0v) is 27.4. The number of nitrogens with zero attached hydrogens (tertiary/aromatic N) is 5. The third-order valence-corrected chi connectivity index (χ3v) is 10.7. The summed E-state index contributed by atoms with van der Waals surface area (Å²) in [7, 11) is 0. The van der Waals surface area contributed by atoms with Crippen LogP contribution >= 0.6 is 24.0 Å². The van der Waals surface area contributed by atoms with Crippen molar-refractivity contribution in [2.24, 2.45) is 4.99 Å². The molecule has 6 rings (SSSR count). The summed E-state index contributed by atoms with van der Waals surface area (Å²) < 4.78 is 7.11. The standard InChI is InChI=1S/C36H39N5O2S2/c1-27-23-31-32(38-25-30-13-8-15-41(30)34(31)42)24-33(27)43-21-20-39-16-18-40(19-17-39)35(44)45-22-14-36(26-37,28-9-4-2-5-10-28)29-11-6-3-7-12-29/h2-7,9-12,23-25,30H,8,13-22H2,1H3/t30-/m0/s1. The molecule has 3 aliphatic rings. The lowest BCUT2D eigenvalue weighted by Gasteiger charge is -2.36. The van der Waals surface area contributed by atoms with E-state index in [1.165, 1.54) is 0 Å². The number of ether oxygens (including phenoxy) is 1. The van der Waals surface area contributed by atoms with E-state index < -0.39 is 5.41 Å². The van der Waals surface area contributed by atoms with Crippen molar-refractivity contribution in [1.29, 1.82) is 5.26 Å². The van der Waals surface area contributed by atoms with E-state index >= 15 is 0 Å². The molecular formula is C36H39N5O2S2. The van der Waals surface area contributed by atoms with Crippen LogP contribution in [-0.2, 0) is 5.41 Å². The lowest BCUT2D eigenvalue weighted by atomic mass is 9.74. The first-order valence-corrected chi connectivity index (χ1v) is 17.2. The van der Waals surface area contributed by atoms with E-state index in [2.05, 4.69) is 20.9 Å². The Hall–Kier alpha value is -3.71. The van der Waals surface area contributed by atoms with Crippen molar-refractivity contribution >= 4 is 46.1 Å². The summed E-state index contributed by atoms with van der Waals surface area (Å²) in [6.45, 7) is 7.77. The number of benzene rings is 3. The van der Waals surface area contributed by atoms with Gasteiger partial charge in [-0.3, -0.25) is 14.7 Å². The molecule has 0 bridgehead atoms. The van der Waals surface area contributed by atoms with E-state index in [0.717, 1.165) is 84.6 Å². The van der Waals surface area contributed by atoms with E-state index in [1.807, 2.05) is 90.8 Å². The Kier molecular flexibility index (Phi) is 9.84. The molecule has 0 spiro atoms. The average molecular weight is 638 g/mol. The molecule has 1 atom stereocenters. The largest absolute Gasteiger partial charge is 0.492 e. The first-order valence-electron chi connectivity index (χ1n) is 15.8. The molecule has 0 aromatic heterocycles. The summed E-state index contributed by atoms with van der Waals surface area (Å²) in [6.07, 6.45) is 4.61. The molecule has 7 nitrogen and oxygen atoms in total. The lowest BCUT2D eigenvalue weighted by Crippen LogP contribution is -2.48. The van der Waals surface area contributed by atoms with Crippen LogP contribution in [-0.4, -0.2) is 88.8 Å². The zero-order valence-electron chi connectivity index (χ0n) is 25.7. The van der Waals surface area contributed by atoms with Gasteiger partial charge in [0.1, 0.15) is 22.1 Å². The number of carbonyl (C=O) groups is 1. The molecule has 2 fully saturated rings. The van der Waals surface area contributed by atoms with Gasteiger partial charge in [-0.05, 0) is 48.9 Å². The van der Waals surface area contributed by atoms with Crippen LogP contribution in [0.1, 0.15) is 46.3 Å². The van der Waals surface area contributed by atoms with Gasteiger partial charge in [0.15, 0.2) is 0 Å². The van der Waals surface area contributed by atoms with Gasteiger partial charge in [0, 0.05) is 57.3 Å². The van der Waals surface area contributed by atoms with Gasteiger partial charge in [-0.1, -0.05) is 84.6 Å². The highest BCUT2D eigenvalue weighted by molar-refractivity contribution is 8.22. The van der Waals surface area contributed by atoms with Crippen molar-refractivity contribution in [3.05, 3.63) is 95.1 Å². The Labute approximate surface area is 275 Å². The van der Waals surface area contributed by atoms with Crippen LogP contribution < -0.4 is 4.74 Å². The maximum atomic E-state index is 13.1. The Morgan fingerprint density at radius 1 is 1.04 bits per heavy atom. The van der Waals surface area contributed by atoms with Gasteiger partial charge in [-0.15, -0.1) is 0 Å². The molecule has 1 amide bonds. The van der Waals surface area contributed by atoms with Gasteiger partial charge in [0.25, 0.3) is 5.91 Å². The maximum absolute atomic E-state index is 13.1. The summed E-state index contributed by atoms with van der Waals surface area (Å²) in [4.78, 5) is 24.4. The topological polar surface area (TPSA) is 72.2 Å². The number of hydrogen-bond acceptors (Lipinski definition) is 7. The monoisotopic (exact) mass is 637 g/mol. The molecule has 3 aromatic rings. The third-order valence-electron chi connectivity index (χ3n) is 9.19. The Morgan fingerprint density at radius 3 is 2.40 bits per heavy atom. The second kappa shape index (κ2) is 14.2. The summed E-state index contributed by atoms with van der Waals surface area (Å²) in [6, 6.07) is 26.8. The number of rotatable bonds is 9. The molecule has 0 saturated carbocycles. The molecule has 3 heterocycles. The van der Waals surface area contributed by atoms with E-state index in [-0.39, 0.29) is 11.9 Å². The van der Waals surface area contributed by atoms with Crippen LogP contribution in [0.2, 0.25) is 0 Å². The summed E-state index contributed by atoms with van der Waals surface area (Å²) in [5.41, 5.74) is 3.66. The number of fused-ring (bicyclic) bond motifs is 2. The van der Waals surface area contributed by atoms with E-state index in [9.17, 15) is 10.1 Å². The molecule has 9 heteroatoms. The molecule has 0 unspecified atom stereocenters. The Morgan fingerprint density at radius 2 is 1.73 bits per heavy atom. The first-order chi connectivity index (χ1) is 22.0. The van der Waals surface area contributed by atoms with E-state index in [4.69, 9.17) is 17.0 Å². The van der Waals surface area contributed by atoms with Crippen molar-refractivity contribution < 1.29 is 9.53 Å². The molecular weight excluding hydrogens is 599 g/mol. The second-order valence-corrected chi connectivity index (χ2v) is 13.6. The molecule has 45 heavy (non-hydrogen) atoms. The van der Waals surface area contributed by atoms with Gasteiger partial charge in [-0.25, -0.2) is 0 Å². The number of carbonyl (C=O) groups excluding carboxylic acids is 1. The number of thioether (sulfide) groups is 1. The van der Waals surface area contributed by atoms with Gasteiger partial charge in [0.05, 0.1) is 23.4 Å². The highest BCUT2D eigenvalue weighted by Crippen LogP contribution is 2.37. The van der Waals surface area contributed by atoms with Gasteiger partial charge >= 0.3 is 0 Å². The van der Waals surface area contributed by atoms with Crippen LogP contribution in [0.3, 0.4) is 0 Å². The van der Waals surface area contributed by atoms with Gasteiger partial charge in [0.2, 0.25) is 0 Å². The molecule has 2 saturated heterocycles. The number of amides is 1. The predicted octanol–water partition coefficient (Wildman–Crippen LogP) is 6.23. The molecule has 0 N–H and O–H groups in total. The number of aryl methyl sites for hydroxylation is 1. The lowest BCUT2D eigenvalue weighted by molar-refractivity contribution is 0.0774. The first kappa shape index (κ1) is 31.3. The number of aliphatic imine (C=N–C) groups is 1. The SMILES string of the molecule is Cc1cc2c(cc1OCCN1CCN(C(=S)SCCC(C#N)(c3ccccc3)c3ccccc3)CC1)N=C[C@@H]1CCCN1C2=O. The molecule has 232 valence electrons. The van der Waals surface area contributed by atoms with Crippen LogP contribution in [0.4, 0.5) is 5.69 Å². The summed E-state index contributed by atoms with van der Waals surface area (Å²) >= 11 is 7.53. The molecule has 3 aliphatic heterocycles. The minimum absolute atomic E-state index is 0.0744. The normalized spacial score (nSPS) is 18.2. The van der Waals surface area contributed by atoms with E-state index in [1.54, 1.807) is 11.8 Å². The van der Waals surface area contributed by atoms with Crippen molar-refractivity contribution in [3.63, 3.8) is 0 Å². The Bertz CT molecular complexity index is 1540. The fourth-order valence-electron chi connectivity index (χ4n) is 6.54. The van der Waals surface area contributed by atoms with Gasteiger partial charge < -0.3 is 14.5 Å². The second-order valence-electron chi connectivity index (χ2n) is 11.9. The number of thiocarbonyl (C=S) groups is 1. The highest BCUT2D eigenvalue weighted by atomic mass is 32.2. The maximum Gasteiger partial charge on any atom is 0.256 e. The van der Waals surface area contributed by atoms with Gasteiger partial charge in [-0.2, -0.15) is 5.26 Å². The minimum Gasteiger partial charge on any atom is -0.492 e. The van der Waals surface area contributed by atoms with Crippen molar-refractivity contribution in [1.82, 2.24) is 14.7 Å².